The topological polar surface area (TPSA) is 96.3 Å². The molecular formula is C22H25ClFN5O3S. The zero-order chi connectivity index (χ0) is 24.0. The number of carbonyl (C=O) groups excluding carboxylic acids is 1. The van der Waals surface area contributed by atoms with Gasteiger partial charge in [0.2, 0.25) is 0 Å². The van der Waals surface area contributed by atoms with E-state index >= 15 is 0 Å². The summed E-state index contributed by atoms with van der Waals surface area (Å²) in [5.74, 6) is -1.05. The Labute approximate surface area is 197 Å². The van der Waals surface area contributed by atoms with Crippen molar-refractivity contribution in [1.82, 2.24) is 14.7 Å². The molecule has 0 unspecified atom stereocenters. The molecule has 33 heavy (non-hydrogen) atoms. The van der Waals surface area contributed by atoms with Gasteiger partial charge in [-0.3, -0.25) is 14.2 Å². The third kappa shape index (κ3) is 6.53. The largest absolute Gasteiger partial charge is 0.319 e. The highest BCUT2D eigenvalue weighted by Crippen LogP contribution is 2.24. The number of likely N-dealkylation sites (N-methyl/N-ethyl adjacent to an activating group) is 1. The molecule has 176 valence electrons. The fourth-order valence-electron chi connectivity index (χ4n) is 3.11. The van der Waals surface area contributed by atoms with E-state index in [0.29, 0.717) is 12.2 Å². The lowest BCUT2D eigenvalue weighted by Gasteiger charge is -2.17. The number of carbonyl (C=O) groups is 1. The van der Waals surface area contributed by atoms with Crippen LogP contribution in [0.5, 0.6) is 0 Å². The van der Waals surface area contributed by atoms with Crippen molar-refractivity contribution in [3.8, 4) is 0 Å². The Kier molecular flexibility index (Phi) is 8.06. The van der Waals surface area contributed by atoms with Gasteiger partial charge in [0.1, 0.15) is 5.82 Å². The summed E-state index contributed by atoms with van der Waals surface area (Å²) in [6, 6.07) is 8.69. The Morgan fingerprint density at radius 1 is 1.12 bits per heavy atom. The van der Waals surface area contributed by atoms with Gasteiger partial charge in [-0.15, -0.1) is 0 Å². The molecule has 0 aliphatic rings. The minimum absolute atomic E-state index is 0.00506. The summed E-state index contributed by atoms with van der Waals surface area (Å²) < 4.78 is 42.6. The van der Waals surface area contributed by atoms with Crippen LogP contribution in [0.3, 0.4) is 0 Å². The Hall–Kier alpha value is -2.95. The number of hydrogen-bond donors (Lipinski definition) is 2. The normalized spacial score (nSPS) is 11.5. The second kappa shape index (κ2) is 10.8. The summed E-state index contributed by atoms with van der Waals surface area (Å²) in [6.07, 6.45) is 3.22. The van der Waals surface area contributed by atoms with Crippen molar-refractivity contribution >= 4 is 38.9 Å². The van der Waals surface area contributed by atoms with Crippen LogP contribution in [-0.2, 0) is 16.6 Å². The maximum absolute atomic E-state index is 13.1. The van der Waals surface area contributed by atoms with E-state index in [1.165, 1.54) is 36.5 Å². The molecule has 0 bridgehead atoms. The highest BCUT2D eigenvalue weighted by Gasteiger charge is 2.19. The number of nitrogens with zero attached hydrogens (tertiary/aromatic N) is 3. The quantitative estimate of drug-likeness (QED) is 0.444. The van der Waals surface area contributed by atoms with Gasteiger partial charge in [0.15, 0.2) is 0 Å². The maximum Gasteiger partial charge on any atom is 0.261 e. The zero-order valence-corrected chi connectivity index (χ0v) is 19.8. The van der Waals surface area contributed by atoms with Crippen LogP contribution in [-0.4, -0.2) is 48.6 Å². The number of rotatable bonds is 10. The maximum atomic E-state index is 13.1. The predicted octanol–water partition coefficient (Wildman–Crippen LogP) is 4.07. The van der Waals surface area contributed by atoms with Crippen LogP contribution >= 0.6 is 11.6 Å². The van der Waals surface area contributed by atoms with Gasteiger partial charge in [-0.05, 0) is 55.6 Å². The van der Waals surface area contributed by atoms with E-state index in [1.807, 2.05) is 0 Å². The van der Waals surface area contributed by atoms with Gasteiger partial charge in [-0.25, -0.2) is 12.8 Å². The average Bonchev–Trinajstić information content (AvgIpc) is 3.23. The fourth-order valence-corrected chi connectivity index (χ4v) is 4.40. The first-order chi connectivity index (χ1) is 15.7. The summed E-state index contributed by atoms with van der Waals surface area (Å²) in [4.78, 5) is 14.9. The molecule has 0 saturated carbocycles. The van der Waals surface area contributed by atoms with E-state index in [4.69, 9.17) is 11.6 Å². The number of halogens is 2. The van der Waals surface area contributed by atoms with Crippen LogP contribution in [0.25, 0.3) is 0 Å². The van der Waals surface area contributed by atoms with E-state index in [1.54, 1.807) is 10.9 Å². The van der Waals surface area contributed by atoms with Crippen LogP contribution in [0.15, 0.2) is 59.8 Å². The highest BCUT2D eigenvalue weighted by atomic mass is 35.5. The monoisotopic (exact) mass is 493 g/mol. The number of nitrogens with one attached hydrogen (secondary N) is 2. The minimum Gasteiger partial charge on any atom is -0.319 e. The highest BCUT2D eigenvalue weighted by molar-refractivity contribution is 7.92. The van der Waals surface area contributed by atoms with Crippen LogP contribution in [0.2, 0.25) is 5.02 Å². The molecule has 1 amide bonds. The summed E-state index contributed by atoms with van der Waals surface area (Å²) in [5.41, 5.74) is 0.650. The summed E-state index contributed by atoms with van der Waals surface area (Å²) >= 11 is 6.16. The molecule has 0 radical (unpaired) electrons. The number of aromatic nitrogens is 2. The van der Waals surface area contributed by atoms with Crippen LogP contribution < -0.4 is 10.0 Å². The van der Waals surface area contributed by atoms with E-state index < -0.39 is 21.7 Å². The number of sulfonamides is 1. The zero-order valence-electron chi connectivity index (χ0n) is 18.3. The molecule has 11 heteroatoms. The van der Waals surface area contributed by atoms with Gasteiger partial charge < -0.3 is 10.2 Å². The molecular weight excluding hydrogens is 469 g/mol. The molecule has 0 aliphatic heterocycles. The van der Waals surface area contributed by atoms with Crippen molar-refractivity contribution in [2.24, 2.45) is 0 Å². The second-order valence-electron chi connectivity index (χ2n) is 7.23. The number of benzene rings is 2. The molecule has 0 fully saturated rings. The van der Waals surface area contributed by atoms with Gasteiger partial charge in [0.25, 0.3) is 15.9 Å². The van der Waals surface area contributed by atoms with Crippen molar-refractivity contribution in [3.05, 3.63) is 71.3 Å². The van der Waals surface area contributed by atoms with Crippen LogP contribution in [0.1, 0.15) is 24.2 Å². The van der Waals surface area contributed by atoms with Gasteiger partial charge in [-0.2, -0.15) is 5.10 Å². The van der Waals surface area contributed by atoms with E-state index in [-0.39, 0.29) is 21.2 Å². The average molecular weight is 494 g/mol. The van der Waals surface area contributed by atoms with Gasteiger partial charge in [0.05, 0.1) is 33.9 Å². The van der Waals surface area contributed by atoms with E-state index in [9.17, 15) is 17.6 Å². The second-order valence-corrected chi connectivity index (χ2v) is 9.32. The molecule has 2 aromatic carbocycles. The summed E-state index contributed by atoms with van der Waals surface area (Å²) in [5, 5.41) is 7.04. The molecule has 0 spiro atoms. The standard InChI is InChI=1S/C22H25ClFN5O3S/c1-3-28(4-2)11-12-29-15-18(14-25-29)26-22(30)20-13-19(9-10-21(20)23)33(31,32)27-17-7-5-16(24)6-8-17/h5-10,13-15,27H,3-4,11-12H2,1-2H3,(H,26,30). The van der Waals surface area contributed by atoms with Crippen molar-refractivity contribution < 1.29 is 17.6 Å². The molecule has 2 N–H and O–H groups in total. The molecule has 0 saturated heterocycles. The molecule has 1 heterocycles. The van der Waals surface area contributed by atoms with Crippen molar-refractivity contribution in [2.45, 2.75) is 25.3 Å². The van der Waals surface area contributed by atoms with Crippen molar-refractivity contribution in [1.29, 1.82) is 0 Å². The summed E-state index contributed by atoms with van der Waals surface area (Å²) in [6.45, 7) is 7.55. The molecule has 3 aromatic rings. The Morgan fingerprint density at radius 2 is 1.82 bits per heavy atom. The van der Waals surface area contributed by atoms with E-state index in [0.717, 1.165) is 31.8 Å². The van der Waals surface area contributed by atoms with E-state index in [2.05, 4.69) is 33.9 Å². The lowest BCUT2D eigenvalue weighted by Crippen LogP contribution is -2.27. The summed E-state index contributed by atoms with van der Waals surface area (Å²) in [7, 11) is -4.02. The first-order valence-electron chi connectivity index (χ1n) is 10.4. The van der Waals surface area contributed by atoms with Gasteiger partial charge >= 0.3 is 0 Å². The van der Waals surface area contributed by atoms with Crippen LogP contribution in [0.4, 0.5) is 15.8 Å². The smallest absolute Gasteiger partial charge is 0.261 e. The molecule has 0 aliphatic carbocycles. The van der Waals surface area contributed by atoms with Gasteiger partial charge in [0, 0.05) is 18.4 Å². The number of anilines is 2. The number of hydrogen-bond acceptors (Lipinski definition) is 5. The third-order valence-electron chi connectivity index (χ3n) is 5.02. The van der Waals surface area contributed by atoms with Crippen molar-refractivity contribution in [3.63, 3.8) is 0 Å². The minimum atomic E-state index is -4.02. The molecule has 3 rings (SSSR count). The number of amides is 1. The predicted molar refractivity (Wildman–Crippen MR) is 127 cm³/mol. The first-order valence-corrected chi connectivity index (χ1v) is 12.2. The lowest BCUT2D eigenvalue weighted by molar-refractivity contribution is 0.102. The van der Waals surface area contributed by atoms with Crippen LogP contribution in [0, 0.1) is 5.82 Å². The Morgan fingerprint density at radius 3 is 2.48 bits per heavy atom. The van der Waals surface area contributed by atoms with Crippen molar-refractivity contribution in [2.75, 3.05) is 29.7 Å². The SMILES string of the molecule is CCN(CC)CCn1cc(NC(=O)c2cc(S(=O)(=O)Nc3ccc(F)cc3)ccc2Cl)cn1. The molecule has 0 atom stereocenters. The van der Waals surface area contributed by atoms with Gasteiger partial charge in [-0.1, -0.05) is 25.4 Å². The lowest BCUT2D eigenvalue weighted by atomic mass is 10.2. The molecule has 8 nitrogen and oxygen atoms in total. The Bertz CT molecular complexity index is 1210. The first kappa shape index (κ1) is 24.7. The fraction of sp³-hybridized carbons (Fsp3) is 0.273. The molecule has 1 aromatic heterocycles. The Balaban J connectivity index is 1.72. The third-order valence-corrected chi connectivity index (χ3v) is 6.73.